The van der Waals surface area contributed by atoms with Gasteiger partial charge in [-0.3, -0.25) is 4.90 Å². The van der Waals surface area contributed by atoms with Gasteiger partial charge in [0.2, 0.25) is 5.89 Å². The van der Waals surface area contributed by atoms with Crippen LogP contribution in [0.1, 0.15) is 62.4 Å². The molecule has 0 aliphatic heterocycles. The lowest BCUT2D eigenvalue weighted by Crippen LogP contribution is -2.40. The summed E-state index contributed by atoms with van der Waals surface area (Å²) in [6, 6.07) is 8.53. The Morgan fingerprint density at radius 3 is 2.56 bits per heavy atom. The van der Waals surface area contributed by atoms with Crippen LogP contribution in [0.3, 0.4) is 0 Å². The molecule has 1 aromatic heterocycles. The second-order valence-electron chi connectivity index (χ2n) is 7.04. The molecule has 0 radical (unpaired) electrons. The molecule has 1 aliphatic carbocycles. The summed E-state index contributed by atoms with van der Waals surface area (Å²) in [5.41, 5.74) is 2.51. The van der Waals surface area contributed by atoms with Gasteiger partial charge in [0.15, 0.2) is 5.82 Å². The monoisotopic (exact) mass is 342 g/mol. The van der Waals surface area contributed by atoms with Crippen molar-refractivity contribution in [1.82, 2.24) is 20.4 Å². The van der Waals surface area contributed by atoms with Crippen molar-refractivity contribution in [2.45, 2.75) is 65.1 Å². The first-order valence-electron chi connectivity index (χ1n) is 9.52. The Hall–Kier alpha value is -1.72. The average Bonchev–Trinajstić information content (AvgIpc) is 3.29. The Kier molecular flexibility index (Phi) is 5.86. The molecule has 5 nitrogen and oxygen atoms in total. The third-order valence-electron chi connectivity index (χ3n) is 5.49. The number of rotatable bonds is 8. The summed E-state index contributed by atoms with van der Waals surface area (Å²) in [7, 11) is 0. The van der Waals surface area contributed by atoms with Gasteiger partial charge in [0.1, 0.15) is 0 Å². The van der Waals surface area contributed by atoms with Crippen molar-refractivity contribution in [1.29, 1.82) is 0 Å². The van der Waals surface area contributed by atoms with Gasteiger partial charge >= 0.3 is 0 Å². The van der Waals surface area contributed by atoms with Crippen LogP contribution >= 0.6 is 0 Å². The topological polar surface area (TPSA) is 54.2 Å². The molecule has 3 rings (SSSR count). The van der Waals surface area contributed by atoms with Crippen molar-refractivity contribution in [2.24, 2.45) is 0 Å². The number of benzene rings is 1. The fourth-order valence-corrected chi connectivity index (χ4v) is 3.68. The van der Waals surface area contributed by atoms with E-state index in [1.54, 1.807) is 0 Å². The van der Waals surface area contributed by atoms with E-state index in [1.165, 1.54) is 24.0 Å². The Morgan fingerprint density at radius 1 is 1.16 bits per heavy atom. The number of nitrogens with zero attached hydrogens (tertiary/aromatic N) is 3. The van der Waals surface area contributed by atoms with Gasteiger partial charge < -0.3 is 9.84 Å². The molecule has 5 heteroatoms. The molecule has 1 heterocycles. The summed E-state index contributed by atoms with van der Waals surface area (Å²) < 4.78 is 5.57. The Balaban J connectivity index is 1.74. The van der Waals surface area contributed by atoms with Crippen LogP contribution in [0.25, 0.3) is 0 Å². The first-order valence-corrected chi connectivity index (χ1v) is 9.52. The Labute approximate surface area is 150 Å². The second-order valence-corrected chi connectivity index (χ2v) is 7.04. The standard InChI is InChI=1S/C20H30N4O/c1-4-24(5-2)15-18-22-19(23-25-18)20(12-8-9-13-20)21-14-17-11-7-6-10-16(17)3/h6-7,10-11,21H,4-5,8-9,12-15H2,1-3H3. The van der Waals surface area contributed by atoms with E-state index in [0.717, 1.165) is 50.7 Å². The molecular weight excluding hydrogens is 312 g/mol. The maximum atomic E-state index is 5.57. The molecule has 0 saturated heterocycles. The third-order valence-corrected chi connectivity index (χ3v) is 5.49. The van der Waals surface area contributed by atoms with E-state index in [0.29, 0.717) is 0 Å². The number of hydrogen-bond donors (Lipinski definition) is 1. The van der Waals surface area contributed by atoms with Gasteiger partial charge in [0.25, 0.3) is 0 Å². The molecule has 25 heavy (non-hydrogen) atoms. The van der Waals surface area contributed by atoms with E-state index < -0.39 is 0 Å². The SMILES string of the molecule is CCN(CC)Cc1nc(C2(NCc3ccccc3C)CCCC2)no1. The van der Waals surface area contributed by atoms with Gasteiger partial charge in [0.05, 0.1) is 12.1 Å². The van der Waals surface area contributed by atoms with Crippen molar-refractivity contribution in [3.63, 3.8) is 0 Å². The highest BCUT2D eigenvalue weighted by molar-refractivity contribution is 5.26. The van der Waals surface area contributed by atoms with E-state index in [-0.39, 0.29) is 5.54 Å². The summed E-state index contributed by atoms with van der Waals surface area (Å²) in [4.78, 5) is 7.04. The lowest BCUT2D eigenvalue weighted by molar-refractivity contribution is 0.243. The number of aryl methyl sites for hydroxylation is 1. The van der Waals surface area contributed by atoms with Crippen LogP contribution in [-0.4, -0.2) is 28.1 Å². The fraction of sp³-hybridized carbons (Fsp3) is 0.600. The Morgan fingerprint density at radius 2 is 1.88 bits per heavy atom. The predicted octanol–water partition coefficient (Wildman–Crippen LogP) is 3.78. The van der Waals surface area contributed by atoms with E-state index in [1.807, 2.05) is 0 Å². The van der Waals surface area contributed by atoms with Crippen LogP contribution < -0.4 is 5.32 Å². The molecule has 1 aromatic carbocycles. The van der Waals surface area contributed by atoms with Crippen LogP contribution in [-0.2, 0) is 18.6 Å². The Bertz CT molecular complexity index is 672. The number of hydrogen-bond acceptors (Lipinski definition) is 5. The molecule has 1 aliphatic rings. The van der Waals surface area contributed by atoms with Gasteiger partial charge in [-0.15, -0.1) is 0 Å². The zero-order valence-corrected chi connectivity index (χ0v) is 15.7. The molecule has 1 N–H and O–H groups in total. The highest BCUT2D eigenvalue weighted by atomic mass is 16.5. The lowest BCUT2D eigenvalue weighted by atomic mass is 9.95. The molecule has 1 saturated carbocycles. The largest absolute Gasteiger partial charge is 0.338 e. The minimum Gasteiger partial charge on any atom is -0.338 e. The van der Waals surface area contributed by atoms with Crippen molar-refractivity contribution in [3.8, 4) is 0 Å². The van der Waals surface area contributed by atoms with E-state index in [9.17, 15) is 0 Å². The third kappa shape index (κ3) is 4.10. The summed E-state index contributed by atoms with van der Waals surface area (Å²) in [6.07, 6.45) is 4.56. The van der Waals surface area contributed by atoms with Crippen LogP contribution in [0.4, 0.5) is 0 Å². The van der Waals surface area contributed by atoms with E-state index in [2.05, 4.69) is 60.4 Å². The molecular formula is C20H30N4O. The van der Waals surface area contributed by atoms with E-state index >= 15 is 0 Å². The maximum Gasteiger partial charge on any atom is 0.240 e. The van der Waals surface area contributed by atoms with Gasteiger partial charge in [0, 0.05) is 6.54 Å². The highest BCUT2D eigenvalue weighted by Crippen LogP contribution is 2.37. The molecule has 136 valence electrons. The van der Waals surface area contributed by atoms with Crippen molar-refractivity contribution in [3.05, 3.63) is 47.1 Å². The maximum absolute atomic E-state index is 5.57. The zero-order chi connectivity index (χ0) is 17.7. The summed E-state index contributed by atoms with van der Waals surface area (Å²) in [5, 5.41) is 8.12. The summed E-state index contributed by atoms with van der Waals surface area (Å²) in [6.45, 7) is 10.0. The number of aromatic nitrogens is 2. The first-order chi connectivity index (χ1) is 12.2. The summed E-state index contributed by atoms with van der Waals surface area (Å²) >= 11 is 0. The molecule has 0 amide bonds. The summed E-state index contributed by atoms with van der Waals surface area (Å²) in [5.74, 6) is 1.56. The van der Waals surface area contributed by atoms with Gasteiger partial charge in [-0.2, -0.15) is 4.98 Å². The first kappa shape index (κ1) is 18.1. The minimum absolute atomic E-state index is 0.146. The number of nitrogens with one attached hydrogen (secondary N) is 1. The predicted molar refractivity (Wildman–Crippen MR) is 99.1 cm³/mol. The van der Waals surface area contributed by atoms with Crippen LogP contribution in [0, 0.1) is 6.92 Å². The molecule has 0 bridgehead atoms. The average molecular weight is 342 g/mol. The normalized spacial score (nSPS) is 16.6. The second kappa shape index (κ2) is 8.11. The van der Waals surface area contributed by atoms with Crippen LogP contribution in [0.5, 0.6) is 0 Å². The smallest absolute Gasteiger partial charge is 0.240 e. The van der Waals surface area contributed by atoms with Crippen LogP contribution in [0.15, 0.2) is 28.8 Å². The highest BCUT2D eigenvalue weighted by Gasteiger charge is 2.39. The molecule has 1 fully saturated rings. The van der Waals surface area contributed by atoms with Crippen molar-refractivity contribution < 1.29 is 4.52 Å². The van der Waals surface area contributed by atoms with Gasteiger partial charge in [-0.25, -0.2) is 0 Å². The van der Waals surface area contributed by atoms with Gasteiger partial charge in [-0.1, -0.05) is 56.1 Å². The fourth-order valence-electron chi connectivity index (χ4n) is 3.68. The van der Waals surface area contributed by atoms with Crippen molar-refractivity contribution >= 4 is 0 Å². The quantitative estimate of drug-likeness (QED) is 0.791. The van der Waals surface area contributed by atoms with Crippen LogP contribution in [0.2, 0.25) is 0 Å². The van der Waals surface area contributed by atoms with Crippen molar-refractivity contribution in [2.75, 3.05) is 13.1 Å². The molecule has 0 unspecified atom stereocenters. The van der Waals surface area contributed by atoms with Gasteiger partial charge in [-0.05, 0) is 44.0 Å². The molecule has 2 aromatic rings. The zero-order valence-electron chi connectivity index (χ0n) is 15.7. The van der Waals surface area contributed by atoms with E-state index in [4.69, 9.17) is 9.51 Å². The molecule has 0 atom stereocenters. The minimum atomic E-state index is -0.146. The molecule has 0 spiro atoms. The lowest BCUT2D eigenvalue weighted by Gasteiger charge is -2.27.